The lowest BCUT2D eigenvalue weighted by Crippen LogP contribution is -2.30. The third-order valence-corrected chi connectivity index (χ3v) is 2.30. The van der Waals surface area contributed by atoms with Crippen LogP contribution in [-0.4, -0.2) is 48.9 Å². The zero-order valence-corrected chi connectivity index (χ0v) is 11.5. The van der Waals surface area contributed by atoms with E-state index >= 15 is 0 Å². The summed E-state index contributed by atoms with van der Waals surface area (Å²) in [6.45, 7) is 7.87. The van der Waals surface area contributed by atoms with Crippen molar-refractivity contribution in [2.75, 3.05) is 7.05 Å². The van der Waals surface area contributed by atoms with E-state index in [-0.39, 0.29) is 17.3 Å². The SMILES string of the molecule is CC.[B]N1C(=O)C(N)=C(/C=N\N(C)C(C)C)C1=O. The first-order chi connectivity index (χ1) is 8.36. The maximum atomic E-state index is 11.4. The van der Waals surface area contributed by atoms with Crippen LogP contribution in [0.2, 0.25) is 0 Å². The molecule has 0 spiro atoms. The van der Waals surface area contributed by atoms with Gasteiger partial charge in [0.15, 0.2) is 0 Å². The van der Waals surface area contributed by atoms with Gasteiger partial charge < -0.3 is 10.5 Å². The first-order valence-corrected chi connectivity index (χ1v) is 5.76. The van der Waals surface area contributed by atoms with E-state index in [1.165, 1.54) is 6.21 Å². The van der Waals surface area contributed by atoms with Gasteiger partial charge in [-0.25, -0.2) is 0 Å². The molecule has 2 N–H and O–H groups in total. The summed E-state index contributed by atoms with van der Waals surface area (Å²) < 4.78 is 0. The number of imide groups is 1. The maximum absolute atomic E-state index is 11.4. The van der Waals surface area contributed by atoms with E-state index < -0.39 is 11.8 Å². The number of carbonyl (C=O) groups excluding carboxylic acids is 2. The molecule has 0 unspecified atom stereocenters. The van der Waals surface area contributed by atoms with Crippen molar-refractivity contribution in [1.29, 1.82) is 0 Å². The van der Waals surface area contributed by atoms with Gasteiger partial charge in [-0.05, 0) is 13.8 Å². The lowest BCUT2D eigenvalue weighted by molar-refractivity contribution is -0.131. The fraction of sp³-hybridized carbons (Fsp3) is 0.545. The Morgan fingerprint density at radius 2 is 1.83 bits per heavy atom. The summed E-state index contributed by atoms with van der Waals surface area (Å²) in [5.74, 6) is -1.33. The number of nitrogens with two attached hydrogens (primary N) is 1. The third-order valence-electron chi connectivity index (χ3n) is 2.30. The van der Waals surface area contributed by atoms with Gasteiger partial charge in [0.2, 0.25) is 7.98 Å². The first kappa shape index (κ1) is 16.2. The molecule has 0 aromatic carbocycles. The smallest absolute Gasteiger partial charge is 0.264 e. The van der Waals surface area contributed by atoms with Crippen LogP contribution in [0.5, 0.6) is 0 Å². The fourth-order valence-corrected chi connectivity index (χ4v) is 0.989. The lowest BCUT2D eigenvalue weighted by Gasteiger charge is -2.16. The summed E-state index contributed by atoms with van der Waals surface area (Å²) in [7, 11) is 6.96. The predicted molar refractivity (Wildman–Crippen MR) is 71.6 cm³/mol. The van der Waals surface area contributed by atoms with E-state index in [9.17, 15) is 9.59 Å². The molecule has 2 radical (unpaired) electrons. The highest BCUT2D eigenvalue weighted by atomic mass is 16.2. The Balaban J connectivity index is 0.00000137. The Morgan fingerprint density at radius 1 is 1.33 bits per heavy atom. The molecule has 0 saturated carbocycles. The minimum absolute atomic E-state index is 0.0278. The van der Waals surface area contributed by atoms with Crippen LogP contribution in [0, 0.1) is 0 Å². The number of carbonyl (C=O) groups is 2. The topological polar surface area (TPSA) is 79.0 Å². The summed E-state index contributed by atoms with van der Waals surface area (Å²) in [6, 6.07) is 0.180. The number of nitrogens with zero attached hydrogens (tertiary/aromatic N) is 3. The van der Waals surface area contributed by atoms with Gasteiger partial charge in [0.05, 0.1) is 11.8 Å². The highest BCUT2D eigenvalue weighted by Gasteiger charge is 2.32. The Morgan fingerprint density at radius 3 is 2.17 bits per heavy atom. The molecular weight excluding hydrogens is 231 g/mol. The van der Waals surface area contributed by atoms with E-state index in [1.807, 2.05) is 27.7 Å². The van der Waals surface area contributed by atoms with E-state index in [1.54, 1.807) is 12.1 Å². The molecule has 1 heterocycles. The standard InChI is InChI=1S/C9H13BN4O2.C2H6/c1-5(2)13(3)12-4-6-7(11)9(16)14(10)8(6)15;1-2/h4-5H,11H2,1-3H3;1-2H3/b12-4-;. The maximum Gasteiger partial charge on any atom is 0.264 e. The molecule has 6 nitrogen and oxygen atoms in total. The van der Waals surface area contributed by atoms with Crippen LogP contribution < -0.4 is 5.73 Å². The second-order valence-corrected chi connectivity index (χ2v) is 3.72. The second kappa shape index (κ2) is 6.83. The number of hydrogen-bond acceptors (Lipinski definition) is 5. The van der Waals surface area contributed by atoms with Crippen LogP contribution in [0.15, 0.2) is 16.4 Å². The van der Waals surface area contributed by atoms with Crippen LogP contribution in [0.3, 0.4) is 0 Å². The lowest BCUT2D eigenvalue weighted by atomic mass is 10.2. The first-order valence-electron chi connectivity index (χ1n) is 5.76. The van der Waals surface area contributed by atoms with Crippen molar-refractivity contribution in [3.05, 3.63) is 11.3 Å². The Bertz CT molecular complexity index is 391. The van der Waals surface area contributed by atoms with Gasteiger partial charge in [-0.15, -0.1) is 0 Å². The van der Waals surface area contributed by atoms with Crippen LogP contribution in [0.25, 0.3) is 0 Å². The molecule has 0 aromatic heterocycles. The number of amides is 2. The average molecular weight is 250 g/mol. The highest BCUT2D eigenvalue weighted by Crippen LogP contribution is 2.13. The molecule has 0 aliphatic carbocycles. The average Bonchev–Trinajstić information content (AvgIpc) is 2.54. The van der Waals surface area contributed by atoms with E-state index in [2.05, 4.69) is 5.10 Å². The van der Waals surface area contributed by atoms with Gasteiger partial charge in [-0.1, -0.05) is 13.8 Å². The Kier molecular flexibility index (Phi) is 6.15. The molecule has 1 rings (SSSR count). The normalized spacial score (nSPS) is 15.6. The van der Waals surface area contributed by atoms with Crippen LogP contribution in [-0.2, 0) is 9.59 Å². The number of hydrazone groups is 1. The predicted octanol–water partition coefficient (Wildman–Crippen LogP) is 0.00370. The fourth-order valence-electron chi connectivity index (χ4n) is 0.989. The minimum atomic E-state index is -0.696. The van der Waals surface area contributed by atoms with Crippen molar-refractivity contribution in [2.24, 2.45) is 10.8 Å². The van der Waals surface area contributed by atoms with Crippen LogP contribution in [0.1, 0.15) is 27.7 Å². The quantitative estimate of drug-likeness (QED) is 0.331. The molecule has 0 bridgehead atoms. The van der Waals surface area contributed by atoms with Gasteiger partial charge in [0.1, 0.15) is 5.70 Å². The summed E-state index contributed by atoms with van der Waals surface area (Å²) in [5, 5.41) is 5.63. The van der Waals surface area contributed by atoms with Gasteiger partial charge in [0, 0.05) is 13.1 Å². The van der Waals surface area contributed by atoms with Crippen LogP contribution >= 0.6 is 0 Å². The molecule has 18 heavy (non-hydrogen) atoms. The molecule has 1 aliphatic heterocycles. The van der Waals surface area contributed by atoms with Gasteiger partial charge in [0.25, 0.3) is 11.8 Å². The molecular formula is C11H19BN4O2. The summed E-state index contributed by atoms with van der Waals surface area (Å²) >= 11 is 0. The minimum Gasteiger partial charge on any atom is -0.394 e. The summed E-state index contributed by atoms with van der Waals surface area (Å²) in [5.41, 5.74) is 5.30. The van der Waals surface area contributed by atoms with Crippen molar-refractivity contribution >= 4 is 26.0 Å². The van der Waals surface area contributed by atoms with E-state index in [4.69, 9.17) is 13.7 Å². The zero-order chi connectivity index (χ0) is 14.5. The summed E-state index contributed by atoms with van der Waals surface area (Å²) in [6.07, 6.45) is 1.25. The molecule has 1 aliphatic rings. The van der Waals surface area contributed by atoms with Gasteiger partial charge in [-0.2, -0.15) is 5.10 Å². The highest BCUT2D eigenvalue weighted by molar-refractivity contribution is 6.39. The number of rotatable bonds is 3. The van der Waals surface area contributed by atoms with Crippen molar-refractivity contribution in [3.8, 4) is 0 Å². The zero-order valence-electron chi connectivity index (χ0n) is 11.5. The van der Waals surface area contributed by atoms with Crippen molar-refractivity contribution in [3.63, 3.8) is 0 Å². The largest absolute Gasteiger partial charge is 0.394 e. The third kappa shape index (κ3) is 3.35. The molecule has 0 fully saturated rings. The molecule has 0 atom stereocenters. The Hall–Kier alpha value is -1.79. The number of hydrogen-bond donors (Lipinski definition) is 1. The van der Waals surface area contributed by atoms with Crippen molar-refractivity contribution in [2.45, 2.75) is 33.7 Å². The van der Waals surface area contributed by atoms with Gasteiger partial charge >= 0.3 is 0 Å². The molecule has 98 valence electrons. The van der Waals surface area contributed by atoms with Crippen molar-refractivity contribution < 1.29 is 9.59 Å². The van der Waals surface area contributed by atoms with E-state index in [0.717, 1.165) is 0 Å². The Labute approximate surface area is 109 Å². The van der Waals surface area contributed by atoms with Crippen LogP contribution in [0.4, 0.5) is 0 Å². The van der Waals surface area contributed by atoms with E-state index in [0.29, 0.717) is 4.81 Å². The van der Waals surface area contributed by atoms with Gasteiger partial charge in [-0.3, -0.25) is 14.6 Å². The summed E-state index contributed by atoms with van der Waals surface area (Å²) in [4.78, 5) is 23.1. The van der Waals surface area contributed by atoms with Crippen molar-refractivity contribution in [1.82, 2.24) is 9.82 Å². The monoisotopic (exact) mass is 250 g/mol. The molecule has 7 heteroatoms. The molecule has 0 aromatic rings. The molecule has 2 amide bonds. The second-order valence-electron chi connectivity index (χ2n) is 3.72. The molecule has 0 saturated heterocycles.